The van der Waals surface area contributed by atoms with Crippen LogP contribution in [-0.2, 0) is 9.84 Å². The summed E-state index contributed by atoms with van der Waals surface area (Å²) in [5, 5.41) is 0. The van der Waals surface area contributed by atoms with Crippen LogP contribution in [0.5, 0.6) is 0 Å². The smallest absolute Gasteiger partial charge is 0.341 e. The molecule has 1 aromatic rings. The Bertz CT molecular complexity index is 444. The standard InChI is InChI=1S/C7H6F3NO2S/c8-6-4(11)2-1-3-5(6)14(12,13)7(9)10/h1-3,7H,11H2. The van der Waals surface area contributed by atoms with E-state index in [1.165, 1.54) is 0 Å². The summed E-state index contributed by atoms with van der Waals surface area (Å²) >= 11 is 0. The Morgan fingerprint density at radius 1 is 1.29 bits per heavy atom. The van der Waals surface area contributed by atoms with Crippen molar-refractivity contribution in [1.82, 2.24) is 0 Å². The summed E-state index contributed by atoms with van der Waals surface area (Å²) in [4.78, 5) is -1.08. The molecule has 0 aromatic heterocycles. The van der Waals surface area contributed by atoms with E-state index < -0.39 is 32.0 Å². The van der Waals surface area contributed by atoms with Crippen molar-refractivity contribution in [3.63, 3.8) is 0 Å². The largest absolute Gasteiger partial charge is 0.396 e. The van der Waals surface area contributed by atoms with Crippen molar-refractivity contribution in [2.24, 2.45) is 0 Å². The van der Waals surface area contributed by atoms with Crippen molar-refractivity contribution in [2.75, 3.05) is 5.73 Å². The average Bonchev–Trinajstić information content (AvgIpc) is 2.09. The zero-order valence-corrected chi connectivity index (χ0v) is 7.56. The van der Waals surface area contributed by atoms with Crippen molar-refractivity contribution in [3.05, 3.63) is 24.0 Å². The molecule has 7 heteroatoms. The third-order valence-corrected chi connectivity index (χ3v) is 2.93. The summed E-state index contributed by atoms with van der Waals surface area (Å²) in [5.41, 5.74) is 4.55. The molecule has 0 radical (unpaired) electrons. The Hall–Kier alpha value is -1.24. The van der Waals surface area contributed by atoms with Gasteiger partial charge in [-0.05, 0) is 12.1 Å². The molecule has 3 nitrogen and oxygen atoms in total. The number of anilines is 1. The monoisotopic (exact) mass is 225 g/mol. The van der Waals surface area contributed by atoms with Crippen molar-refractivity contribution >= 4 is 15.5 Å². The van der Waals surface area contributed by atoms with Gasteiger partial charge in [-0.3, -0.25) is 0 Å². The van der Waals surface area contributed by atoms with Gasteiger partial charge >= 0.3 is 5.76 Å². The number of sulfone groups is 1. The number of hydrogen-bond donors (Lipinski definition) is 1. The maximum Gasteiger partial charge on any atom is 0.341 e. The van der Waals surface area contributed by atoms with E-state index in [0.29, 0.717) is 0 Å². The van der Waals surface area contributed by atoms with Gasteiger partial charge in [0.05, 0.1) is 5.69 Å². The molecule has 0 unspecified atom stereocenters. The van der Waals surface area contributed by atoms with Crippen LogP contribution in [0.3, 0.4) is 0 Å². The fourth-order valence-corrected chi connectivity index (χ4v) is 1.67. The first-order chi connectivity index (χ1) is 6.37. The summed E-state index contributed by atoms with van der Waals surface area (Å²) in [6.45, 7) is 0. The maximum absolute atomic E-state index is 13.0. The van der Waals surface area contributed by atoms with Gasteiger partial charge in [-0.1, -0.05) is 6.07 Å². The van der Waals surface area contributed by atoms with Crippen molar-refractivity contribution in [3.8, 4) is 0 Å². The first-order valence-electron chi connectivity index (χ1n) is 3.43. The molecule has 0 atom stereocenters. The van der Waals surface area contributed by atoms with Gasteiger partial charge in [-0.25, -0.2) is 12.8 Å². The number of rotatable bonds is 2. The Labute approximate surface area is 78.3 Å². The van der Waals surface area contributed by atoms with Gasteiger partial charge in [0.2, 0.25) is 9.84 Å². The third-order valence-electron chi connectivity index (χ3n) is 1.53. The lowest BCUT2D eigenvalue weighted by atomic mass is 10.3. The second-order valence-electron chi connectivity index (χ2n) is 2.47. The highest BCUT2D eigenvalue weighted by molar-refractivity contribution is 7.91. The molecule has 78 valence electrons. The van der Waals surface area contributed by atoms with E-state index in [9.17, 15) is 21.6 Å². The first kappa shape index (κ1) is 10.8. The molecule has 14 heavy (non-hydrogen) atoms. The number of benzene rings is 1. The lowest BCUT2D eigenvalue weighted by Gasteiger charge is -2.05. The molecule has 0 aliphatic heterocycles. The van der Waals surface area contributed by atoms with Crippen LogP contribution >= 0.6 is 0 Å². The first-order valence-corrected chi connectivity index (χ1v) is 4.98. The Morgan fingerprint density at radius 2 is 1.86 bits per heavy atom. The molecule has 0 saturated heterocycles. The quantitative estimate of drug-likeness (QED) is 0.774. The van der Waals surface area contributed by atoms with Crippen LogP contribution < -0.4 is 5.73 Å². The summed E-state index contributed by atoms with van der Waals surface area (Å²) in [6.07, 6.45) is 0. The molecule has 0 spiro atoms. The predicted molar refractivity (Wildman–Crippen MR) is 44.0 cm³/mol. The molecule has 1 rings (SSSR count). The van der Waals surface area contributed by atoms with Gasteiger partial charge < -0.3 is 5.73 Å². The van der Waals surface area contributed by atoms with E-state index in [-0.39, 0.29) is 0 Å². The van der Waals surface area contributed by atoms with Gasteiger partial charge in [0.25, 0.3) is 0 Å². The topological polar surface area (TPSA) is 60.2 Å². The third kappa shape index (κ3) is 1.67. The summed E-state index contributed by atoms with van der Waals surface area (Å²) in [6, 6.07) is 2.92. The van der Waals surface area contributed by atoms with Crippen LogP contribution in [-0.4, -0.2) is 14.2 Å². The van der Waals surface area contributed by atoms with E-state index in [2.05, 4.69) is 0 Å². The van der Waals surface area contributed by atoms with E-state index in [1.807, 2.05) is 0 Å². The highest BCUT2D eigenvalue weighted by Crippen LogP contribution is 2.24. The van der Waals surface area contributed by atoms with Crippen LogP contribution in [0.25, 0.3) is 0 Å². The van der Waals surface area contributed by atoms with Crippen LogP contribution in [0.2, 0.25) is 0 Å². The number of alkyl halides is 2. The van der Waals surface area contributed by atoms with Crippen LogP contribution in [0.4, 0.5) is 18.9 Å². The van der Waals surface area contributed by atoms with Gasteiger partial charge in [0.15, 0.2) is 5.82 Å². The van der Waals surface area contributed by atoms with E-state index >= 15 is 0 Å². The molecule has 0 heterocycles. The van der Waals surface area contributed by atoms with Gasteiger partial charge in [-0.2, -0.15) is 8.78 Å². The number of nitrogen functional groups attached to an aromatic ring is 1. The zero-order chi connectivity index (χ0) is 10.9. The van der Waals surface area contributed by atoms with E-state index in [4.69, 9.17) is 5.73 Å². The van der Waals surface area contributed by atoms with Crippen LogP contribution in [0, 0.1) is 5.82 Å². The number of halogens is 3. The van der Waals surface area contributed by atoms with Gasteiger partial charge in [-0.15, -0.1) is 0 Å². The fourth-order valence-electron chi connectivity index (χ4n) is 0.843. The second-order valence-corrected chi connectivity index (χ2v) is 4.35. The second kappa shape index (κ2) is 3.49. The predicted octanol–water partition coefficient (Wildman–Crippen LogP) is 1.40. The molecule has 0 saturated carbocycles. The lowest BCUT2D eigenvalue weighted by Crippen LogP contribution is -2.13. The minimum Gasteiger partial charge on any atom is -0.396 e. The normalized spacial score (nSPS) is 12.0. The molecular formula is C7H6F3NO2S. The molecule has 0 aliphatic rings. The van der Waals surface area contributed by atoms with Crippen LogP contribution in [0.1, 0.15) is 0 Å². The molecule has 0 aliphatic carbocycles. The molecule has 0 amide bonds. The molecule has 2 N–H and O–H groups in total. The summed E-state index contributed by atoms with van der Waals surface area (Å²) in [5.74, 6) is -4.99. The Kier molecular flexibility index (Phi) is 2.70. The average molecular weight is 225 g/mol. The van der Waals surface area contributed by atoms with Crippen molar-refractivity contribution in [1.29, 1.82) is 0 Å². The van der Waals surface area contributed by atoms with Crippen molar-refractivity contribution in [2.45, 2.75) is 10.7 Å². The van der Waals surface area contributed by atoms with Gasteiger partial charge in [0.1, 0.15) is 4.90 Å². The minimum atomic E-state index is -4.92. The summed E-state index contributed by atoms with van der Waals surface area (Å²) in [7, 11) is -4.92. The Morgan fingerprint density at radius 3 is 2.36 bits per heavy atom. The Balaban J connectivity index is 3.42. The molecule has 0 fully saturated rings. The number of hydrogen-bond acceptors (Lipinski definition) is 3. The zero-order valence-electron chi connectivity index (χ0n) is 6.75. The molecule has 1 aromatic carbocycles. The van der Waals surface area contributed by atoms with E-state index in [0.717, 1.165) is 18.2 Å². The highest BCUT2D eigenvalue weighted by atomic mass is 32.2. The molecule has 0 bridgehead atoms. The van der Waals surface area contributed by atoms with Crippen LogP contribution in [0.15, 0.2) is 23.1 Å². The minimum absolute atomic E-state index is 0.480. The van der Waals surface area contributed by atoms with Gasteiger partial charge in [0, 0.05) is 0 Å². The highest BCUT2D eigenvalue weighted by Gasteiger charge is 2.30. The number of nitrogens with two attached hydrogens (primary N) is 1. The van der Waals surface area contributed by atoms with Crippen molar-refractivity contribution < 1.29 is 21.6 Å². The maximum atomic E-state index is 13.0. The SMILES string of the molecule is Nc1cccc(S(=O)(=O)C(F)F)c1F. The lowest BCUT2D eigenvalue weighted by molar-refractivity contribution is 0.234. The summed E-state index contributed by atoms with van der Waals surface area (Å²) < 4.78 is 58.8. The molecular weight excluding hydrogens is 219 g/mol. The van der Waals surface area contributed by atoms with E-state index in [1.54, 1.807) is 0 Å². The fraction of sp³-hybridized carbons (Fsp3) is 0.143.